The summed E-state index contributed by atoms with van der Waals surface area (Å²) in [5, 5.41) is 23.4. The smallest absolute Gasteiger partial charge is 0.119 e. The highest BCUT2D eigenvalue weighted by molar-refractivity contribution is 5.45. The Morgan fingerprint density at radius 3 is 2.00 bits per heavy atom. The molecule has 198 valence electrons. The average molecular weight is 501 g/mol. The van der Waals surface area contributed by atoms with Crippen LogP contribution in [0.4, 0.5) is 0 Å². The van der Waals surface area contributed by atoms with Crippen LogP contribution in [0.3, 0.4) is 0 Å². The molecule has 4 aliphatic rings. The van der Waals surface area contributed by atoms with Crippen molar-refractivity contribution in [1.82, 2.24) is 10.2 Å². The fraction of sp³-hybridized carbons (Fsp3) is 0.455. The van der Waals surface area contributed by atoms with Crippen LogP contribution in [0.2, 0.25) is 0 Å². The number of likely N-dealkylation sites (tertiary alicyclic amines) is 1. The Hall–Kier alpha value is -2.82. The third-order valence-corrected chi connectivity index (χ3v) is 8.54. The molecule has 0 radical (unpaired) electrons. The summed E-state index contributed by atoms with van der Waals surface area (Å²) >= 11 is 0. The van der Waals surface area contributed by atoms with Gasteiger partial charge >= 0.3 is 0 Å². The first-order chi connectivity index (χ1) is 17.1. The van der Waals surface area contributed by atoms with Crippen LogP contribution in [0, 0.1) is 11.8 Å². The van der Waals surface area contributed by atoms with Crippen LogP contribution in [0.1, 0.15) is 67.3 Å². The summed E-state index contributed by atoms with van der Waals surface area (Å²) < 4.78 is 0. The van der Waals surface area contributed by atoms with Crippen molar-refractivity contribution in [2.45, 2.75) is 58.9 Å². The van der Waals surface area contributed by atoms with Crippen molar-refractivity contribution in [3.8, 4) is 11.5 Å². The number of piperidine rings is 2. The summed E-state index contributed by atoms with van der Waals surface area (Å²) in [5.41, 5.74) is 6.56. The molecule has 4 unspecified atom stereocenters. The van der Waals surface area contributed by atoms with Crippen molar-refractivity contribution in [3.05, 3.63) is 94.5 Å². The molecule has 3 N–H and O–H groups in total. The maximum Gasteiger partial charge on any atom is 0.119 e. The fourth-order valence-electron chi connectivity index (χ4n) is 7.04. The third-order valence-electron chi connectivity index (χ3n) is 8.54. The Labute approximate surface area is 223 Å². The van der Waals surface area contributed by atoms with E-state index in [0.717, 1.165) is 51.5 Å². The van der Waals surface area contributed by atoms with Crippen molar-refractivity contribution in [1.29, 1.82) is 0 Å². The van der Waals surface area contributed by atoms with Gasteiger partial charge in [0.25, 0.3) is 0 Å². The SMILES string of the molecule is C.C.Oc1cccc2c1CC1CC2CN(Cc2ccccc2)C1.Oc1cccc2c1CC1CNCC2C1. The van der Waals surface area contributed by atoms with Gasteiger partial charge in [-0.05, 0) is 95.8 Å². The molecule has 3 aromatic carbocycles. The fourth-order valence-corrected chi connectivity index (χ4v) is 7.04. The maximum absolute atomic E-state index is 10.1. The Morgan fingerprint density at radius 2 is 1.30 bits per heavy atom. The van der Waals surface area contributed by atoms with Gasteiger partial charge in [-0.15, -0.1) is 0 Å². The van der Waals surface area contributed by atoms with E-state index < -0.39 is 0 Å². The molecule has 4 atom stereocenters. The van der Waals surface area contributed by atoms with Gasteiger partial charge in [-0.3, -0.25) is 4.90 Å². The summed E-state index contributed by atoms with van der Waals surface area (Å²) in [6.45, 7) is 5.50. The summed E-state index contributed by atoms with van der Waals surface area (Å²) in [6, 6.07) is 22.7. The molecule has 2 heterocycles. The first kappa shape index (κ1) is 27.2. The Bertz CT molecular complexity index is 1180. The van der Waals surface area contributed by atoms with Crippen molar-refractivity contribution >= 4 is 0 Å². The average Bonchev–Trinajstić information content (AvgIpc) is 2.87. The minimum absolute atomic E-state index is 0. The minimum Gasteiger partial charge on any atom is -0.508 e. The Morgan fingerprint density at radius 1 is 0.676 bits per heavy atom. The van der Waals surface area contributed by atoms with Crippen molar-refractivity contribution in [2.75, 3.05) is 26.2 Å². The molecule has 2 aliphatic heterocycles. The zero-order valence-corrected chi connectivity index (χ0v) is 20.4. The van der Waals surface area contributed by atoms with E-state index in [0.29, 0.717) is 29.3 Å². The molecule has 3 aromatic rings. The number of fused-ring (bicyclic) bond motifs is 8. The molecule has 37 heavy (non-hydrogen) atoms. The quantitative estimate of drug-likeness (QED) is 0.378. The lowest BCUT2D eigenvalue weighted by molar-refractivity contribution is 0.137. The second-order valence-electron chi connectivity index (χ2n) is 11.0. The minimum atomic E-state index is 0. The van der Waals surface area contributed by atoms with Crippen molar-refractivity contribution in [2.24, 2.45) is 11.8 Å². The number of benzene rings is 3. The monoisotopic (exact) mass is 500 g/mol. The maximum atomic E-state index is 10.1. The zero-order valence-electron chi connectivity index (χ0n) is 20.4. The first-order valence-electron chi connectivity index (χ1n) is 13.2. The number of aromatic hydroxyl groups is 2. The number of phenolic OH excluding ortho intramolecular Hbond substituents is 2. The van der Waals surface area contributed by atoms with E-state index in [1.807, 2.05) is 24.3 Å². The standard InChI is InChI=1S/C19H21NO.C12H15NO.2CH4/c21-19-8-4-7-17-16-9-15(10-18(17)19)12-20(13-16)11-14-5-2-1-3-6-14;14-12-3-1-2-10-9-4-8(5-11(10)12)6-13-7-9;;/h1-8,15-16,21H,9-13H2;1-3,8-9,13-14H,4-7H2;2*1H4. The summed E-state index contributed by atoms with van der Waals surface area (Å²) in [7, 11) is 0. The van der Waals surface area contributed by atoms with E-state index in [1.165, 1.54) is 40.7 Å². The largest absolute Gasteiger partial charge is 0.508 e. The molecule has 0 aromatic heterocycles. The van der Waals surface area contributed by atoms with E-state index in [4.69, 9.17) is 0 Å². The number of nitrogens with one attached hydrogen (secondary N) is 1. The van der Waals surface area contributed by atoms with E-state index in [1.54, 1.807) is 0 Å². The lowest BCUT2D eigenvalue weighted by Gasteiger charge is -2.42. The number of nitrogens with zero attached hydrogens (tertiary/aromatic N) is 1. The third kappa shape index (κ3) is 5.71. The molecule has 2 saturated heterocycles. The topological polar surface area (TPSA) is 55.7 Å². The first-order valence-corrected chi connectivity index (χ1v) is 13.2. The molecule has 0 saturated carbocycles. The molecule has 4 nitrogen and oxygen atoms in total. The van der Waals surface area contributed by atoms with Crippen LogP contribution in [0.5, 0.6) is 11.5 Å². The summed E-state index contributed by atoms with van der Waals surface area (Å²) in [5.74, 6) is 3.63. The van der Waals surface area contributed by atoms with E-state index in [9.17, 15) is 10.2 Å². The highest BCUT2D eigenvalue weighted by Gasteiger charge is 2.35. The molecular weight excluding hydrogens is 456 g/mol. The molecule has 2 fully saturated rings. The van der Waals surface area contributed by atoms with Gasteiger partial charge in [-0.2, -0.15) is 0 Å². The van der Waals surface area contributed by atoms with E-state index in [-0.39, 0.29) is 14.9 Å². The molecule has 4 heteroatoms. The Balaban J connectivity index is 0.000000176. The predicted molar refractivity (Wildman–Crippen MR) is 153 cm³/mol. The van der Waals surface area contributed by atoms with Gasteiger partial charge in [0.1, 0.15) is 11.5 Å². The summed E-state index contributed by atoms with van der Waals surface area (Å²) in [6.07, 6.45) is 4.65. The van der Waals surface area contributed by atoms with Crippen LogP contribution in [-0.2, 0) is 19.4 Å². The number of hydrogen-bond donors (Lipinski definition) is 3. The van der Waals surface area contributed by atoms with Gasteiger partial charge in [-0.25, -0.2) is 0 Å². The van der Waals surface area contributed by atoms with Gasteiger partial charge in [0, 0.05) is 26.2 Å². The zero-order chi connectivity index (χ0) is 23.8. The Kier molecular flexibility index (Phi) is 8.61. The van der Waals surface area contributed by atoms with Crippen LogP contribution in [0.25, 0.3) is 0 Å². The summed E-state index contributed by atoms with van der Waals surface area (Å²) in [4.78, 5) is 2.58. The molecule has 4 bridgehead atoms. The number of phenols is 2. The van der Waals surface area contributed by atoms with Crippen LogP contribution in [-0.4, -0.2) is 41.3 Å². The van der Waals surface area contributed by atoms with Gasteiger partial charge in [0.15, 0.2) is 0 Å². The number of hydrogen-bond acceptors (Lipinski definition) is 4. The van der Waals surface area contributed by atoms with E-state index >= 15 is 0 Å². The highest BCUT2D eigenvalue weighted by Crippen LogP contribution is 2.43. The second kappa shape index (κ2) is 11.7. The molecular formula is C33H44N2O2. The van der Waals surface area contributed by atoms with Gasteiger partial charge < -0.3 is 15.5 Å². The molecule has 0 amide bonds. The van der Waals surface area contributed by atoms with Crippen molar-refractivity contribution < 1.29 is 10.2 Å². The van der Waals surface area contributed by atoms with Crippen molar-refractivity contribution in [3.63, 3.8) is 0 Å². The van der Waals surface area contributed by atoms with Gasteiger partial charge in [0.05, 0.1) is 0 Å². The lowest BCUT2D eigenvalue weighted by atomic mass is 9.73. The molecule has 0 spiro atoms. The molecule has 7 rings (SSSR count). The van der Waals surface area contributed by atoms with Crippen LogP contribution in [0.15, 0.2) is 66.7 Å². The number of rotatable bonds is 2. The van der Waals surface area contributed by atoms with Crippen LogP contribution >= 0.6 is 0 Å². The highest BCUT2D eigenvalue weighted by atomic mass is 16.3. The van der Waals surface area contributed by atoms with E-state index in [2.05, 4.69) is 52.7 Å². The normalized spacial score (nSPS) is 25.2. The van der Waals surface area contributed by atoms with Gasteiger partial charge in [-0.1, -0.05) is 69.5 Å². The lowest BCUT2D eigenvalue weighted by Crippen LogP contribution is -2.42. The van der Waals surface area contributed by atoms with Gasteiger partial charge in [0.2, 0.25) is 0 Å². The second-order valence-corrected chi connectivity index (χ2v) is 11.0. The molecule has 2 aliphatic carbocycles. The van der Waals surface area contributed by atoms with Crippen LogP contribution < -0.4 is 5.32 Å². The predicted octanol–water partition coefficient (Wildman–Crippen LogP) is 6.47.